The van der Waals surface area contributed by atoms with Crippen molar-refractivity contribution in [2.24, 2.45) is 0 Å². The molecule has 1 N–H and O–H groups in total. The summed E-state index contributed by atoms with van der Waals surface area (Å²) in [5.74, 6) is 1.06. The number of hydrogen-bond acceptors (Lipinski definition) is 3. The van der Waals surface area contributed by atoms with Crippen LogP contribution in [0.3, 0.4) is 0 Å². The summed E-state index contributed by atoms with van der Waals surface area (Å²) in [6, 6.07) is 7.62. The van der Waals surface area contributed by atoms with Crippen molar-refractivity contribution < 1.29 is 4.79 Å². The van der Waals surface area contributed by atoms with Crippen molar-refractivity contribution in [2.75, 3.05) is 12.3 Å². The Morgan fingerprint density at radius 1 is 1.29 bits per heavy atom. The minimum atomic E-state index is -0.0502. The molecule has 0 saturated heterocycles. The minimum absolute atomic E-state index is 0.0502. The number of halogens is 1. The van der Waals surface area contributed by atoms with Crippen LogP contribution in [0.15, 0.2) is 29.2 Å². The topological polar surface area (TPSA) is 29.1 Å². The van der Waals surface area contributed by atoms with E-state index in [0.29, 0.717) is 0 Å². The Morgan fingerprint density at radius 2 is 1.90 bits per heavy atom. The lowest BCUT2D eigenvalue weighted by Crippen LogP contribution is -2.34. The van der Waals surface area contributed by atoms with E-state index in [2.05, 4.69) is 26.1 Å². The summed E-state index contributed by atoms with van der Waals surface area (Å²) in [7, 11) is 0. The standard InChI is InChI=1S/C16H24ClNOS2/c1-5-14(21-13-8-6-12(17)7-9-13)15(19)18-10-11-20-16(2,3)4/h6-9,14H,5,10-11H2,1-4H3,(H,18,19)/t14-/m0/s1. The zero-order valence-electron chi connectivity index (χ0n) is 13.1. The maximum absolute atomic E-state index is 12.2. The third kappa shape index (κ3) is 8.03. The van der Waals surface area contributed by atoms with Gasteiger partial charge in [-0.2, -0.15) is 11.8 Å². The van der Waals surface area contributed by atoms with Crippen LogP contribution < -0.4 is 5.32 Å². The molecule has 5 heteroatoms. The van der Waals surface area contributed by atoms with Gasteiger partial charge < -0.3 is 5.32 Å². The number of benzene rings is 1. The predicted octanol–water partition coefficient (Wildman–Crippen LogP) is 4.86. The van der Waals surface area contributed by atoms with Crippen molar-refractivity contribution in [3.8, 4) is 0 Å². The second-order valence-corrected chi connectivity index (χ2v) is 9.35. The zero-order valence-corrected chi connectivity index (χ0v) is 15.5. The minimum Gasteiger partial charge on any atom is -0.354 e. The molecule has 0 saturated carbocycles. The van der Waals surface area contributed by atoms with Gasteiger partial charge >= 0.3 is 0 Å². The average molecular weight is 346 g/mol. The van der Waals surface area contributed by atoms with Gasteiger partial charge in [0.1, 0.15) is 0 Å². The number of carbonyl (C=O) groups excluding carboxylic acids is 1. The second-order valence-electron chi connectivity index (χ2n) is 5.72. The number of rotatable bonds is 7. The molecule has 118 valence electrons. The Bertz CT molecular complexity index is 443. The van der Waals surface area contributed by atoms with E-state index in [9.17, 15) is 4.79 Å². The van der Waals surface area contributed by atoms with Crippen molar-refractivity contribution in [2.45, 2.75) is 49.0 Å². The highest BCUT2D eigenvalue weighted by Crippen LogP contribution is 2.27. The van der Waals surface area contributed by atoms with Crippen LogP contribution in [0.25, 0.3) is 0 Å². The van der Waals surface area contributed by atoms with E-state index >= 15 is 0 Å². The largest absolute Gasteiger partial charge is 0.354 e. The normalized spacial score (nSPS) is 13.0. The molecule has 0 spiro atoms. The molecule has 21 heavy (non-hydrogen) atoms. The Balaban J connectivity index is 2.41. The van der Waals surface area contributed by atoms with Gasteiger partial charge in [-0.25, -0.2) is 0 Å². The Morgan fingerprint density at radius 3 is 2.43 bits per heavy atom. The van der Waals surface area contributed by atoms with Crippen molar-refractivity contribution in [3.63, 3.8) is 0 Å². The first kappa shape index (κ1) is 18.7. The molecule has 0 unspecified atom stereocenters. The second kappa shape index (κ2) is 8.96. The lowest BCUT2D eigenvalue weighted by molar-refractivity contribution is -0.120. The van der Waals surface area contributed by atoms with Crippen LogP contribution in [0, 0.1) is 0 Å². The SMILES string of the molecule is CC[C@H](Sc1ccc(Cl)cc1)C(=O)NCCSC(C)(C)C. The maximum Gasteiger partial charge on any atom is 0.233 e. The molecule has 0 aliphatic carbocycles. The summed E-state index contributed by atoms with van der Waals surface area (Å²) < 4.78 is 0.243. The molecule has 1 amide bonds. The third-order valence-electron chi connectivity index (χ3n) is 2.69. The highest BCUT2D eigenvalue weighted by atomic mass is 35.5. The Hall–Kier alpha value is -0.320. The third-order valence-corrected chi connectivity index (χ3v) is 5.59. The molecule has 2 nitrogen and oxygen atoms in total. The van der Waals surface area contributed by atoms with Crippen LogP contribution in [0.2, 0.25) is 5.02 Å². The van der Waals surface area contributed by atoms with Gasteiger partial charge in [0, 0.05) is 27.0 Å². The van der Waals surface area contributed by atoms with Crippen molar-refractivity contribution in [1.82, 2.24) is 5.32 Å². The van der Waals surface area contributed by atoms with Gasteiger partial charge in [0.2, 0.25) is 5.91 Å². The quantitative estimate of drug-likeness (QED) is 0.565. The molecule has 0 aliphatic rings. The number of nitrogens with one attached hydrogen (secondary N) is 1. The van der Waals surface area contributed by atoms with Crippen LogP contribution in [0.5, 0.6) is 0 Å². The Kier molecular flexibility index (Phi) is 7.99. The Labute approximate surface area is 141 Å². The fraction of sp³-hybridized carbons (Fsp3) is 0.562. The van der Waals surface area contributed by atoms with Gasteiger partial charge in [0.15, 0.2) is 0 Å². The van der Waals surface area contributed by atoms with Crippen LogP contribution in [0.1, 0.15) is 34.1 Å². The summed E-state index contributed by atoms with van der Waals surface area (Å²) in [6.07, 6.45) is 0.811. The first-order chi connectivity index (χ1) is 9.81. The van der Waals surface area contributed by atoms with E-state index in [1.54, 1.807) is 11.8 Å². The summed E-state index contributed by atoms with van der Waals surface area (Å²) in [6.45, 7) is 9.32. The van der Waals surface area contributed by atoms with Crippen molar-refractivity contribution >= 4 is 41.0 Å². The van der Waals surface area contributed by atoms with Gasteiger partial charge in [-0.15, -0.1) is 11.8 Å². The van der Waals surface area contributed by atoms with Crippen molar-refractivity contribution in [1.29, 1.82) is 0 Å². The molecule has 0 bridgehead atoms. The highest BCUT2D eigenvalue weighted by molar-refractivity contribution is 8.00. The van der Waals surface area contributed by atoms with Gasteiger partial charge in [0.05, 0.1) is 5.25 Å². The zero-order chi connectivity index (χ0) is 15.9. The predicted molar refractivity (Wildman–Crippen MR) is 96.6 cm³/mol. The molecule has 1 rings (SSSR count). The van der Waals surface area contributed by atoms with E-state index in [1.165, 1.54) is 0 Å². The van der Waals surface area contributed by atoms with Crippen LogP contribution in [-0.2, 0) is 4.79 Å². The lowest BCUT2D eigenvalue weighted by atomic mass is 10.3. The van der Waals surface area contributed by atoms with Crippen LogP contribution in [-0.4, -0.2) is 28.2 Å². The summed E-state index contributed by atoms with van der Waals surface area (Å²) in [4.78, 5) is 13.3. The highest BCUT2D eigenvalue weighted by Gasteiger charge is 2.18. The number of thioether (sulfide) groups is 2. The molecule has 0 radical (unpaired) electrons. The van der Waals surface area contributed by atoms with Crippen LogP contribution >= 0.6 is 35.1 Å². The van der Waals surface area contributed by atoms with E-state index in [4.69, 9.17) is 11.6 Å². The number of hydrogen-bond donors (Lipinski definition) is 1. The molecule has 0 aromatic heterocycles. The summed E-state index contributed by atoms with van der Waals surface area (Å²) in [5.41, 5.74) is 0. The monoisotopic (exact) mass is 345 g/mol. The van der Waals surface area contributed by atoms with Crippen LogP contribution in [0.4, 0.5) is 0 Å². The fourth-order valence-electron chi connectivity index (χ4n) is 1.64. The number of carbonyl (C=O) groups is 1. The van der Waals surface area contributed by atoms with Gasteiger partial charge in [0.25, 0.3) is 0 Å². The van der Waals surface area contributed by atoms with Gasteiger partial charge in [-0.1, -0.05) is 39.3 Å². The first-order valence-electron chi connectivity index (χ1n) is 7.15. The molecular formula is C16H24ClNOS2. The van der Waals surface area contributed by atoms with Gasteiger partial charge in [-0.05, 0) is 30.7 Å². The molecule has 1 aromatic carbocycles. The molecular weight excluding hydrogens is 322 g/mol. The van der Waals surface area contributed by atoms with E-state index < -0.39 is 0 Å². The van der Waals surface area contributed by atoms with Gasteiger partial charge in [-0.3, -0.25) is 4.79 Å². The maximum atomic E-state index is 12.2. The summed E-state index contributed by atoms with van der Waals surface area (Å²) in [5, 5.41) is 3.70. The molecule has 0 fully saturated rings. The van der Waals surface area contributed by atoms with E-state index in [1.807, 2.05) is 43.0 Å². The molecule has 0 aliphatic heterocycles. The molecule has 1 aromatic rings. The van der Waals surface area contributed by atoms with Crippen molar-refractivity contribution in [3.05, 3.63) is 29.3 Å². The number of amides is 1. The molecule has 1 atom stereocenters. The van der Waals surface area contributed by atoms with E-state index in [-0.39, 0.29) is 15.9 Å². The van der Waals surface area contributed by atoms with E-state index in [0.717, 1.165) is 28.6 Å². The average Bonchev–Trinajstić information content (AvgIpc) is 2.41. The lowest BCUT2D eigenvalue weighted by Gasteiger charge is -2.18. The smallest absolute Gasteiger partial charge is 0.233 e. The molecule has 0 heterocycles. The summed E-state index contributed by atoms with van der Waals surface area (Å²) >= 11 is 9.33. The first-order valence-corrected chi connectivity index (χ1v) is 9.40. The fourth-order valence-corrected chi connectivity index (χ4v) is 3.57.